The van der Waals surface area contributed by atoms with Gasteiger partial charge in [0, 0.05) is 51.5 Å². The molecule has 0 atom stereocenters. The van der Waals surface area contributed by atoms with Crippen LogP contribution in [0, 0.1) is 0 Å². The number of likely N-dealkylation sites (tertiary alicyclic amines) is 1. The summed E-state index contributed by atoms with van der Waals surface area (Å²) in [5.41, 5.74) is 0.167. The van der Waals surface area contributed by atoms with Crippen LogP contribution in [0.1, 0.15) is 39.0 Å². The average molecular weight is 340 g/mol. The highest BCUT2D eigenvalue weighted by atomic mass is 16.5. The van der Waals surface area contributed by atoms with Gasteiger partial charge in [-0.05, 0) is 52.7 Å². The van der Waals surface area contributed by atoms with Crippen LogP contribution in [0.15, 0.2) is 4.99 Å². The highest BCUT2D eigenvalue weighted by Gasteiger charge is 2.35. The fourth-order valence-electron chi connectivity index (χ4n) is 3.79. The molecule has 24 heavy (non-hydrogen) atoms. The van der Waals surface area contributed by atoms with Gasteiger partial charge in [0.05, 0.1) is 0 Å². The van der Waals surface area contributed by atoms with Crippen molar-refractivity contribution in [3.8, 4) is 0 Å². The fraction of sp³-hybridized carbons (Fsp3) is 0.944. The number of nitrogens with one attached hydrogen (secondary N) is 2. The van der Waals surface area contributed by atoms with E-state index in [1.807, 2.05) is 7.05 Å². The molecule has 0 aliphatic carbocycles. The van der Waals surface area contributed by atoms with Crippen molar-refractivity contribution in [2.24, 2.45) is 4.99 Å². The number of piperidine rings is 1. The maximum atomic E-state index is 5.55. The summed E-state index contributed by atoms with van der Waals surface area (Å²) < 4.78 is 5.55. The van der Waals surface area contributed by atoms with E-state index in [4.69, 9.17) is 4.74 Å². The molecule has 0 aromatic rings. The van der Waals surface area contributed by atoms with Gasteiger partial charge in [-0.25, -0.2) is 0 Å². The van der Waals surface area contributed by atoms with Gasteiger partial charge >= 0.3 is 0 Å². The summed E-state index contributed by atoms with van der Waals surface area (Å²) in [4.78, 5) is 9.36. The van der Waals surface area contributed by atoms with E-state index in [2.05, 4.69) is 46.4 Å². The van der Waals surface area contributed by atoms with Gasteiger partial charge in [-0.3, -0.25) is 4.99 Å². The minimum Gasteiger partial charge on any atom is -0.381 e. The molecule has 0 bridgehead atoms. The summed E-state index contributed by atoms with van der Waals surface area (Å²) in [6.07, 6.45) is 5.79. The number of nitrogens with zero attached hydrogens (tertiary/aromatic N) is 3. The van der Waals surface area contributed by atoms with E-state index in [1.54, 1.807) is 0 Å². The molecular formula is C18H37N5O. The van der Waals surface area contributed by atoms with E-state index in [-0.39, 0.29) is 5.54 Å². The largest absolute Gasteiger partial charge is 0.381 e. The number of hydrogen-bond acceptors (Lipinski definition) is 4. The summed E-state index contributed by atoms with van der Waals surface area (Å²) in [5.74, 6) is 0.941. The first-order valence-corrected chi connectivity index (χ1v) is 9.54. The van der Waals surface area contributed by atoms with Crippen LogP contribution < -0.4 is 10.6 Å². The second-order valence-electron chi connectivity index (χ2n) is 7.42. The maximum Gasteiger partial charge on any atom is 0.191 e. The fourth-order valence-corrected chi connectivity index (χ4v) is 3.79. The molecule has 0 unspecified atom stereocenters. The Labute approximate surface area is 148 Å². The number of hydrogen-bond donors (Lipinski definition) is 2. The Morgan fingerprint density at radius 2 is 1.92 bits per heavy atom. The topological polar surface area (TPSA) is 52.1 Å². The lowest BCUT2D eigenvalue weighted by Gasteiger charge is -2.43. The Morgan fingerprint density at radius 1 is 1.25 bits per heavy atom. The molecule has 0 aromatic carbocycles. The van der Waals surface area contributed by atoms with Crippen molar-refractivity contribution in [1.82, 2.24) is 20.4 Å². The molecule has 0 saturated carbocycles. The zero-order valence-corrected chi connectivity index (χ0v) is 16.1. The predicted molar refractivity (Wildman–Crippen MR) is 101 cm³/mol. The normalized spacial score (nSPS) is 23.5. The highest BCUT2D eigenvalue weighted by molar-refractivity contribution is 5.80. The van der Waals surface area contributed by atoms with Gasteiger partial charge in [-0.1, -0.05) is 6.92 Å². The molecule has 2 heterocycles. The third-order valence-electron chi connectivity index (χ3n) is 5.65. The molecule has 6 nitrogen and oxygen atoms in total. The summed E-state index contributed by atoms with van der Waals surface area (Å²) in [7, 11) is 6.22. The molecule has 140 valence electrons. The number of guanidine groups is 1. The standard InChI is InChI=1S/C18H37N5O/c1-5-10-23-11-6-16(7-12-23)21-17(19-2)20-15-18(22(3)4)8-13-24-14-9-18/h16H,5-15H2,1-4H3,(H2,19,20,21). The first kappa shape index (κ1) is 19.5. The third kappa shape index (κ3) is 5.33. The van der Waals surface area contributed by atoms with Crippen LogP contribution in [0.5, 0.6) is 0 Å². The lowest BCUT2D eigenvalue weighted by molar-refractivity contribution is -0.00504. The Morgan fingerprint density at radius 3 is 2.46 bits per heavy atom. The first-order valence-electron chi connectivity index (χ1n) is 9.54. The van der Waals surface area contributed by atoms with Gasteiger partial charge in [-0.15, -0.1) is 0 Å². The third-order valence-corrected chi connectivity index (χ3v) is 5.65. The minimum atomic E-state index is 0.167. The van der Waals surface area contributed by atoms with Crippen molar-refractivity contribution in [2.75, 3.05) is 60.5 Å². The average Bonchev–Trinajstić information content (AvgIpc) is 2.61. The Balaban J connectivity index is 1.80. The molecule has 0 spiro atoms. The minimum absolute atomic E-state index is 0.167. The van der Waals surface area contributed by atoms with Crippen LogP contribution in [0.25, 0.3) is 0 Å². The van der Waals surface area contributed by atoms with E-state index >= 15 is 0 Å². The van der Waals surface area contributed by atoms with Crippen molar-refractivity contribution in [3.63, 3.8) is 0 Å². The van der Waals surface area contributed by atoms with E-state index < -0.39 is 0 Å². The van der Waals surface area contributed by atoms with Gasteiger partial charge < -0.3 is 25.2 Å². The van der Waals surface area contributed by atoms with Crippen molar-refractivity contribution in [1.29, 1.82) is 0 Å². The number of rotatable bonds is 6. The van der Waals surface area contributed by atoms with Crippen molar-refractivity contribution < 1.29 is 4.74 Å². The maximum absolute atomic E-state index is 5.55. The quantitative estimate of drug-likeness (QED) is 0.561. The monoisotopic (exact) mass is 339 g/mol. The zero-order chi connectivity index (χ0) is 17.4. The summed E-state index contributed by atoms with van der Waals surface area (Å²) in [6, 6.07) is 0.536. The van der Waals surface area contributed by atoms with Crippen LogP contribution >= 0.6 is 0 Å². The summed E-state index contributed by atoms with van der Waals surface area (Å²) >= 11 is 0. The molecule has 2 aliphatic rings. The molecule has 0 aromatic heterocycles. The van der Waals surface area contributed by atoms with Gasteiger partial charge in [0.15, 0.2) is 5.96 Å². The lowest BCUT2D eigenvalue weighted by atomic mass is 9.88. The number of aliphatic imine (C=N–C) groups is 1. The van der Waals surface area contributed by atoms with Crippen LogP contribution in [0.2, 0.25) is 0 Å². The molecular weight excluding hydrogens is 302 g/mol. The smallest absolute Gasteiger partial charge is 0.191 e. The molecule has 6 heteroatoms. The SMILES string of the molecule is CCCN1CCC(NC(=NC)NCC2(N(C)C)CCOCC2)CC1. The highest BCUT2D eigenvalue weighted by Crippen LogP contribution is 2.25. The molecule has 2 fully saturated rings. The van der Waals surface area contributed by atoms with Crippen LogP contribution in [-0.4, -0.2) is 87.9 Å². The second-order valence-corrected chi connectivity index (χ2v) is 7.42. The predicted octanol–water partition coefficient (Wildman–Crippen LogP) is 1.14. The second kappa shape index (κ2) is 9.59. The van der Waals surface area contributed by atoms with E-state index in [9.17, 15) is 0 Å². The van der Waals surface area contributed by atoms with E-state index in [0.29, 0.717) is 6.04 Å². The van der Waals surface area contributed by atoms with E-state index in [0.717, 1.165) is 38.6 Å². The van der Waals surface area contributed by atoms with Crippen molar-refractivity contribution in [3.05, 3.63) is 0 Å². The van der Waals surface area contributed by atoms with Crippen molar-refractivity contribution in [2.45, 2.75) is 50.6 Å². The van der Waals surface area contributed by atoms with Gasteiger partial charge in [0.1, 0.15) is 0 Å². The van der Waals surface area contributed by atoms with Gasteiger partial charge in [-0.2, -0.15) is 0 Å². The van der Waals surface area contributed by atoms with Crippen LogP contribution in [0.3, 0.4) is 0 Å². The zero-order valence-electron chi connectivity index (χ0n) is 16.1. The first-order chi connectivity index (χ1) is 11.6. The number of ether oxygens (including phenoxy) is 1. The molecule has 0 amide bonds. The Kier molecular flexibility index (Phi) is 7.78. The van der Waals surface area contributed by atoms with Crippen LogP contribution in [-0.2, 0) is 4.74 Å². The van der Waals surface area contributed by atoms with Gasteiger partial charge in [0.25, 0.3) is 0 Å². The molecule has 2 aliphatic heterocycles. The summed E-state index contributed by atoms with van der Waals surface area (Å²) in [5, 5.41) is 7.20. The summed E-state index contributed by atoms with van der Waals surface area (Å²) in [6.45, 7) is 8.49. The van der Waals surface area contributed by atoms with Crippen molar-refractivity contribution >= 4 is 5.96 Å². The molecule has 2 rings (SSSR count). The van der Waals surface area contributed by atoms with Crippen LogP contribution in [0.4, 0.5) is 0 Å². The lowest BCUT2D eigenvalue weighted by Crippen LogP contribution is -2.58. The van der Waals surface area contributed by atoms with Gasteiger partial charge in [0.2, 0.25) is 0 Å². The Bertz CT molecular complexity index is 385. The van der Waals surface area contributed by atoms with E-state index in [1.165, 1.54) is 38.9 Å². The Hall–Kier alpha value is -0.850. The molecule has 2 N–H and O–H groups in total. The number of likely N-dealkylation sites (N-methyl/N-ethyl adjacent to an activating group) is 1. The molecule has 2 saturated heterocycles. The molecule has 0 radical (unpaired) electrons.